The molecule has 0 aromatic heterocycles. The van der Waals surface area contributed by atoms with Gasteiger partial charge in [-0.3, -0.25) is 0 Å². The molecule has 12 heteroatoms. The van der Waals surface area contributed by atoms with Crippen molar-refractivity contribution in [2.24, 2.45) is 15.8 Å². The van der Waals surface area contributed by atoms with E-state index in [1.165, 1.54) is 16.8 Å². The number of aliphatic imine (C=N–C) groups is 1. The molecular weight excluding hydrogens is 498 g/mol. The number of halogens is 2. The Hall–Kier alpha value is -3.69. The van der Waals surface area contributed by atoms with Crippen molar-refractivity contribution in [3.63, 3.8) is 0 Å². The molecule has 1 atom stereocenters. The summed E-state index contributed by atoms with van der Waals surface area (Å²) in [6.45, 7) is 3.26. The minimum atomic E-state index is -1.04. The molecule has 2 aromatic rings. The summed E-state index contributed by atoms with van der Waals surface area (Å²) >= 11 is 1.21. The van der Waals surface area contributed by atoms with Crippen molar-refractivity contribution in [1.82, 2.24) is 20.5 Å². The lowest BCUT2D eigenvalue weighted by molar-refractivity contribution is 0.125. The number of urea groups is 1. The van der Waals surface area contributed by atoms with Gasteiger partial charge >= 0.3 is 6.03 Å². The fourth-order valence-corrected chi connectivity index (χ4v) is 5.41. The molecule has 196 valence electrons. The van der Waals surface area contributed by atoms with E-state index in [0.717, 1.165) is 23.8 Å². The number of rotatable bonds is 9. The van der Waals surface area contributed by atoms with Gasteiger partial charge < -0.3 is 21.3 Å². The number of hydrogen-bond acceptors (Lipinski definition) is 6. The molecule has 0 spiro atoms. The Bertz CT molecular complexity index is 1190. The lowest BCUT2D eigenvalue weighted by Gasteiger charge is -2.38. The van der Waals surface area contributed by atoms with E-state index in [2.05, 4.69) is 20.7 Å². The van der Waals surface area contributed by atoms with Crippen molar-refractivity contribution in [3.05, 3.63) is 71.3 Å². The molecule has 9 nitrogen and oxygen atoms in total. The Labute approximate surface area is 219 Å². The number of benzene rings is 2. The quantitative estimate of drug-likeness (QED) is 0.199. The van der Waals surface area contributed by atoms with Gasteiger partial charge in [0, 0.05) is 38.8 Å². The summed E-state index contributed by atoms with van der Waals surface area (Å²) in [5.41, 5.74) is 6.52. The van der Waals surface area contributed by atoms with Crippen LogP contribution in [0, 0.1) is 23.1 Å². The van der Waals surface area contributed by atoms with Crippen LogP contribution in [0.2, 0.25) is 0 Å². The van der Waals surface area contributed by atoms with E-state index in [4.69, 9.17) is 11.0 Å². The van der Waals surface area contributed by atoms with Crippen LogP contribution in [0.3, 0.4) is 0 Å². The van der Waals surface area contributed by atoms with Crippen molar-refractivity contribution in [2.45, 2.75) is 24.6 Å². The number of carbonyl (C=O) groups excluding carboxylic acids is 1. The number of hydrogen-bond donors (Lipinski definition) is 3. The molecule has 2 aromatic carbocycles. The van der Waals surface area contributed by atoms with Crippen LogP contribution in [0.5, 0.6) is 0 Å². The Balaban J connectivity index is 2.05. The van der Waals surface area contributed by atoms with E-state index >= 15 is 0 Å². The number of nitriles is 1. The Morgan fingerprint density at radius 1 is 1.30 bits per heavy atom. The molecule has 0 bridgehead atoms. The Morgan fingerprint density at radius 3 is 2.70 bits per heavy atom. The predicted molar refractivity (Wildman–Crippen MR) is 141 cm³/mol. The molecule has 2 amide bonds. The molecule has 0 saturated heterocycles. The first-order valence-electron chi connectivity index (χ1n) is 11.9. The second kappa shape index (κ2) is 13.0. The third-order valence-corrected chi connectivity index (χ3v) is 7.24. The monoisotopic (exact) mass is 528 g/mol. The van der Waals surface area contributed by atoms with Crippen LogP contribution in [0.15, 0.2) is 58.6 Å². The summed E-state index contributed by atoms with van der Waals surface area (Å²) in [7, 11) is 1.65. The minimum Gasteiger partial charge on any atom is -0.359 e. The molecule has 1 aliphatic rings. The molecule has 0 aliphatic carbocycles. The summed E-state index contributed by atoms with van der Waals surface area (Å²) < 4.78 is 28.9. The lowest BCUT2D eigenvalue weighted by Crippen LogP contribution is -2.49. The second-order valence-corrected chi connectivity index (χ2v) is 9.35. The molecule has 0 fully saturated rings. The van der Waals surface area contributed by atoms with Crippen molar-refractivity contribution < 1.29 is 13.6 Å². The maximum absolute atomic E-state index is 14.8. The summed E-state index contributed by atoms with van der Waals surface area (Å²) in [5.74, 6) is -0.915. The van der Waals surface area contributed by atoms with Crippen molar-refractivity contribution in [1.29, 1.82) is 5.26 Å². The van der Waals surface area contributed by atoms with E-state index in [-0.39, 0.29) is 23.2 Å². The number of nitrogens with one attached hydrogen (secondary N) is 2. The molecule has 0 radical (unpaired) electrons. The lowest BCUT2D eigenvalue weighted by atomic mass is 10.0. The molecular formula is C25H30F2N8OS. The Kier molecular flexibility index (Phi) is 9.82. The van der Waals surface area contributed by atoms with E-state index in [1.54, 1.807) is 18.1 Å². The Morgan fingerprint density at radius 2 is 2.05 bits per heavy atom. The van der Waals surface area contributed by atoms with Gasteiger partial charge in [-0.15, -0.1) is 4.99 Å². The molecule has 4 N–H and O–H groups in total. The molecule has 0 saturated carbocycles. The standard InChI is InChI=1S/C25H30F2N8OS/c1-3-34(15-13-28)24(36)35-25(18-8-5-4-6-9-18,12-7-14-31-23(30-2)32-17-29)37-22(33-35)20-16-19(26)10-11-21(20)27/h4-6,8-11,16H,3,7,12-15,28H2,1-2H3,(H2,30,31,32). The summed E-state index contributed by atoms with van der Waals surface area (Å²) in [5, 5.41) is 20.8. The number of hydrazone groups is 1. The normalized spacial score (nSPS) is 17.2. The zero-order valence-electron chi connectivity index (χ0n) is 20.7. The largest absolute Gasteiger partial charge is 0.359 e. The number of carbonyl (C=O) groups is 1. The number of nitrogens with zero attached hydrogens (tertiary/aromatic N) is 5. The molecule has 1 aliphatic heterocycles. The van der Waals surface area contributed by atoms with Gasteiger partial charge in [-0.1, -0.05) is 42.1 Å². The number of nitrogens with two attached hydrogens (primary N) is 1. The highest BCUT2D eigenvalue weighted by molar-refractivity contribution is 8.15. The smallest absolute Gasteiger partial charge is 0.342 e. The van der Waals surface area contributed by atoms with Crippen LogP contribution in [0.1, 0.15) is 30.9 Å². The fourth-order valence-electron chi connectivity index (χ4n) is 3.99. The molecule has 1 unspecified atom stereocenters. The van der Waals surface area contributed by atoms with Gasteiger partial charge in [0.15, 0.2) is 0 Å². The van der Waals surface area contributed by atoms with Crippen molar-refractivity contribution in [2.75, 3.05) is 33.2 Å². The molecule has 3 rings (SSSR count). The molecule has 37 heavy (non-hydrogen) atoms. The number of amides is 2. The zero-order chi connectivity index (χ0) is 26.8. The third kappa shape index (κ3) is 6.36. The fraction of sp³-hybridized carbons (Fsp3) is 0.360. The van der Waals surface area contributed by atoms with Gasteiger partial charge in [0.2, 0.25) is 12.2 Å². The topological polar surface area (TPSA) is 122 Å². The maximum Gasteiger partial charge on any atom is 0.342 e. The van der Waals surface area contributed by atoms with E-state index in [9.17, 15) is 13.6 Å². The maximum atomic E-state index is 14.8. The van der Waals surface area contributed by atoms with E-state index in [0.29, 0.717) is 38.4 Å². The summed E-state index contributed by atoms with van der Waals surface area (Å²) in [6, 6.07) is 12.1. The first kappa shape index (κ1) is 27.9. The van der Waals surface area contributed by atoms with E-state index in [1.807, 2.05) is 37.3 Å². The second-order valence-electron chi connectivity index (χ2n) is 8.09. The first-order chi connectivity index (χ1) is 17.9. The average Bonchev–Trinajstić information content (AvgIpc) is 3.31. The summed E-state index contributed by atoms with van der Waals surface area (Å²) in [4.78, 5) is 18.0. The third-order valence-electron chi connectivity index (χ3n) is 5.80. The van der Waals surface area contributed by atoms with Gasteiger partial charge in [0.05, 0.1) is 0 Å². The highest BCUT2D eigenvalue weighted by atomic mass is 32.2. The van der Waals surface area contributed by atoms with Gasteiger partial charge in [-0.25, -0.2) is 13.6 Å². The van der Waals surface area contributed by atoms with Crippen LogP contribution in [0.4, 0.5) is 13.6 Å². The van der Waals surface area contributed by atoms with Crippen LogP contribution < -0.4 is 16.4 Å². The van der Waals surface area contributed by atoms with Crippen LogP contribution in [-0.2, 0) is 4.87 Å². The van der Waals surface area contributed by atoms with Crippen molar-refractivity contribution >= 4 is 28.8 Å². The SMILES string of the molecule is CCN(CCN)C(=O)N1N=C(c2cc(F)ccc2F)SC1(CCCN/C(=N\C#N)NC)c1ccccc1. The number of likely N-dealkylation sites (N-methyl/N-ethyl adjacent to an activating group) is 1. The first-order valence-corrected chi connectivity index (χ1v) is 12.7. The number of thioether (sulfide) groups is 1. The van der Waals surface area contributed by atoms with Crippen LogP contribution in [0.25, 0.3) is 0 Å². The average molecular weight is 529 g/mol. The van der Waals surface area contributed by atoms with Crippen LogP contribution >= 0.6 is 11.8 Å². The van der Waals surface area contributed by atoms with Gasteiger partial charge in [0.25, 0.3) is 0 Å². The van der Waals surface area contributed by atoms with E-state index < -0.39 is 16.5 Å². The van der Waals surface area contributed by atoms with Gasteiger partial charge in [-0.05, 0) is 43.5 Å². The number of guanidine groups is 1. The zero-order valence-corrected chi connectivity index (χ0v) is 21.6. The van der Waals surface area contributed by atoms with Gasteiger partial charge in [0.1, 0.15) is 21.5 Å². The predicted octanol–water partition coefficient (Wildman–Crippen LogP) is 3.36. The summed E-state index contributed by atoms with van der Waals surface area (Å²) in [6.07, 6.45) is 2.67. The highest BCUT2D eigenvalue weighted by Gasteiger charge is 2.49. The van der Waals surface area contributed by atoms with Gasteiger partial charge in [-0.2, -0.15) is 15.4 Å². The van der Waals surface area contributed by atoms with Crippen LogP contribution in [-0.4, -0.2) is 60.2 Å². The minimum absolute atomic E-state index is 0.0146. The highest BCUT2D eigenvalue weighted by Crippen LogP contribution is 2.51. The molecule has 1 heterocycles. The van der Waals surface area contributed by atoms with Crippen molar-refractivity contribution in [3.8, 4) is 6.19 Å².